The Balaban J connectivity index is 4.00. The summed E-state index contributed by atoms with van der Waals surface area (Å²) in [7, 11) is 1.65. The summed E-state index contributed by atoms with van der Waals surface area (Å²) in [5.41, 5.74) is 0.847. The summed E-state index contributed by atoms with van der Waals surface area (Å²) in [6, 6.07) is 0. The van der Waals surface area contributed by atoms with Gasteiger partial charge >= 0.3 is 0 Å². The van der Waals surface area contributed by atoms with Crippen molar-refractivity contribution in [1.82, 2.24) is 0 Å². The van der Waals surface area contributed by atoms with Crippen molar-refractivity contribution in [3.05, 3.63) is 24.0 Å². The molecule has 0 radical (unpaired) electrons. The molecule has 2 heteroatoms. The van der Waals surface area contributed by atoms with Crippen LogP contribution in [0, 0.1) is 0 Å². The molecule has 1 atom stereocenters. The summed E-state index contributed by atoms with van der Waals surface area (Å²) in [5, 5.41) is 9.04. The van der Waals surface area contributed by atoms with Crippen molar-refractivity contribution in [2.24, 2.45) is 0 Å². The monoisotopic (exact) mass is 156 g/mol. The van der Waals surface area contributed by atoms with Crippen LogP contribution in [-0.2, 0) is 4.74 Å². The fourth-order valence-electron chi connectivity index (χ4n) is 0.795. The van der Waals surface area contributed by atoms with Gasteiger partial charge in [0.15, 0.2) is 0 Å². The summed E-state index contributed by atoms with van der Waals surface area (Å²) in [4.78, 5) is 0. The lowest BCUT2D eigenvalue weighted by Crippen LogP contribution is -2.06. The molecule has 2 nitrogen and oxygen atoms in total. The largest absolute Gasteiger partial charge is 0.508 e. The van der Waals surface area contributed by atoms with Crippen LogP contribution in [0.15, 0.2) is 24.0 Å². The number of aliphatic hydroxyl groups is 1. The van der Waals surface area contributed by atoms with Crippen LogP contribution in [0.2, 0.25) is 0 Å². The SMILES string of the molecule is C=C(O)C(=CC)C[C@@H](C)OC. The van der Waals surface area contributed by atoms with Crippen molar-refractivity contribution in [2.45, 2.75) is 26.4 Å². The van der Waals surface area contributed by atoms with Crippen LogP contribution in [0.25, 0.3) is 0 Å². The van der Waals surface area contributed by atoms with Crippen molar-refractivity contribution >= 4 is 0 Å². The van der Waals surface area contributed by atoms with Crippen molar-refractivity contribution in [2.75, 3.05) is 7.11 Å². The molecule has 0 rings (SSSR count). The van der Waals surface area contributed by atoms with E-state index in [1.807, 2.05) is 19.9 Å². The molecular weight excluding hydrogens is 140 g/mol. The molecule has 0 unspecified atom stereocenters. The number of rotatable bonds is 4. The van der Waals surface area contributed by atoms with Crippen molar-refractivity contribution < 1.29 is 9.84 Å². The van der Waals surface area contributed by atoms with E-state index in [0.29, 0.717) is 6.42 Å². The average Bonchev–Trinajstić information content (AvgIpc) is 1.99. The summed E-state index contributed by atoms with van der Waals surface area (Å²) in [6.45, 7) is 7.27. The van der Waals surface area contributed by atoms with Gasteiger partial charge in [-0.3, -0.25) is 0 Å². The highest BCUT2D eigenvalue weighted by Crippen LogP contribution is 2.13. The van der Waals surface area contributed by atoms with Gasteiger partial charge in [0.05, 0.1) is 6.10 Å². The molecule has 0 heterocycles. The van der Waals surface area contributed by atoms with Gasteiger partial charge in [0, 0.05) is 13.5 Å². The highest BCUT2D eigenvalue weighted by molar-refractivity contribution is 5.21. The summed E-state index contributed by atoms with van der Waals surface area (Å²) in [6.07, 6.45) is 2.69. The Morgan fingerprint density at radius 3 is 2.55 bits per heavy atom. The van der Waals surface area contributed by atoms with Crippen LogP contribution in [0.3, 0.4) is 0 Å². The third-order valence-corrected chi connectivity index (χ3v) is 1.63. The molecule has 64 valence electrons. The van der Waals surface area contributed by atoms with E-state index < -0.39 is 0 Å². The Hall–Kier alpha value is -0.760. The number of methoxy groups -OCH3 is 1. The van der Waals surface area contributed by atoms with E-state index in [0.717, 1.165) is 5.57 Å². The highest BCUT2D eigenvalue weighted by atomic mass is 16.5. The quantitative estimate of drug-likeness (QED) is 0.500. The van der Waals surface area contributed by atoms with Gasteiger partial charge in [-0.2, -0.15) is 0 Å². The second kappa shape index (κ2) is 4.97. The third kappa shape index (κ3) is 3.83. The highest BCUT2D eigenvalue weighted by Gasteiger charge is 2.05. The third-order valence-electron chi connectivity index (χ3n) is 1.63. The molecule has 0 aliphatic rings. The Bertz CT molecular complexity index is 159. The predicted octanol–water partition coefficient (Wildman–Crippen LogP) is 2.43. The molecule has 0 amide bonds. The molecule has 0 aliphatic heterocycles. The number of allylic oxidation sites excluding steroid dienone is 2. The van der Waals surface area contributed by atoms with Crippen LogP contribution < -0.4 is 0 Å². The van der Waals surface area contributed by atoms with Crippen LogP contribution in [0.1, 0.15) is 20.3 Å². The summed E-state index contributed by atoms with van der Waals surface area (Å²) in [5.74, 6) is 0.136. The molecule has 0 aliphatic carbocycles. The minimum atomic E-state index is 0.130. The Labute approximate surface area is 68.2 Å². The standard InChI is InChI=1S/C9H16O2/c1-5-9(8(3)10)6-7(2)11-4/h5,7,10H,3,6H2,1-2,4H3/t7-/m1/s1. The first-order valence-electron chi connectivity index (χ1n) is 3.68. The van der Waals surface area contributed by atoms with Gasteiger partial charge in [0.1, 0.15) is 5.76 Å². The maximum absolute atomic E-state index is 9.04. The van der Waals surface area contributed by atoms with Gasteiger partial charge < -0.3 is 9.84 Å². The minimum Gasteiger partial charge on any atom is -0.508 e. The zero-order valence-electron chi connectivity index (χ0n) is 7.42. The number of ether oxygens (including phenoxy) is 1. The van der Waals surface area contributed by atoms with E-state index in [-0.39, 0.29) is 11.9 Å². The predicted molar refractivity (Wildman–Crippen MR) is 46.6 cm³/mol. The molecule has 0 aromatic rings. The molecule has 0 aromatic heterocycles. The molecule has 11 heavy (non-hydrogen) atoms. The maximum Gasteiger partial charge on any atom is 0.111 e. The Kier molecular flexibility index (Phi) is 4.62. The Morgan fingerprint density at radius 2 is 2.27 bits per heavy atom. The number of hydrogen-bond donors (Lipinski definition) is 1. The molecule has 0 bridgehead atoms. The van der Waals surface area contributed by atoms with Gasteiger partial charge in [0.2, 0.25) is 0 Å². The fourth-order valence-corrected chi connectivity index (χ4v) is 0.795. The number of aliphatic hydroxyl groups excluding tert-OH is 1. The van der Waals surface area contributed by atoms with Crippen molar-refractivity contribution in [3.8, 4) is 0 Å². The molecule has 0 saturated heterocycles. The summed E-state index contributed by atoms with van der Waals surface area (Å²) < 4.78 is 5.04. The topological polar surface area (TPSA) is 29.5 Å². The van der Waals surface area contributed by atoms with Gasteiger partial charge in [0.25, 0.3) is 0 Å². The zero-order valence-corrected chi connectivity index (χ0v) is 7.42. The lowest BCUT2D eigenvalue weighted by Gasteiger charge is -2.10. The first kappa shape index (κ1) is 10.2. The van der Waals surface area contributed by atoms with E-state index in [1.54, 1.807) is 7.11 Å². The number of hydrogen-bond acceptors (Lipinski definition) is 2. The van der Waals surface area contributed by atoms with Gasteiger partial charge in [-0.15, -0.1) is 0 Å². The second-order valence-corrected chi connectivity index (χ2v) is 2.51. The van der Waals surface area contributed by atoms with E-state index in [4.69, 9.17) is 9.84 Å². The first-order chi connectivity index (χ1) is 5.11. The molecule has 0 fully saturated rings. The van der Waals surface area contributed by atoms with Crippen LogP contribution in [-0.4, -0.2) is 18.3 Å². The van der Waals surface area contributed by atoms with Crippen molar-refractivity contribution in [3.63, 3.8) is 0 Å². The fraction of sp³-hybridized carbons (Fsp3) is 0.556. The average molecular weight is 156 g/mol. The normalized spacial score (nSPS) is 14.6. The first-order valence-corrected chi connectivity index (χ1v) is 3.68. The Morgan fingerprint density at radius 1 is 1.73 bits per heavy atom. The molecule has 0 aromatic carbocycles. The second-order valence-electron chi connectivity index (χ2n) is 2.51. The van der Waals surface area contributed by atoms with Gasteiger partial charge in [-0.25, -0.2) is 0 Å². The van der Waals surface area contributed by atoms with Crippen LogP contribution >= 0.6 is 0 Å². The van der Waals surface area contributed by atoms with E-state index in [1.165, 1.54) is 0 Å². The lowest BCUT2D eigenvalue weighted by atomic mass is 10.1. The maximum atomic E-state index is 9.04. The van der Waals surface area contributed by atoms with Gasteiger partial charge in [-0.1, -0.05) is 12.7 Å². The molecule has 1 N–H and O–H groups in total. The molecule has 0 spiro atoms. The van der Waals surface area contributed by atoms with Gasteiger partial charge in [-0.05, 0) is 19.4 Å². The summed E-state index contributed by atoms with van der Waals surface area (Å²) >= 11 is 0. The zero-order chi connectivity index (χ0) is 8.85. The van der Waals surface area contributed by atoms with Crippen LogP contribution in [0.5, 0.6) is 0 Å². The van der Waals surface area contributed by atoms with E-state index in [9.17, 15) is 0 Å². The lowest BCUT2D eigenvalue weighted by molar-refractivity contribution is 0.118. The van der Waals surface area contributed by atoms with E-state index in [2.05, 4.69) is 6.58 Å². The molecular formula is C9H16O2. The molecule has 0 saturated carbocycles. The van der Waals surface area contributed by atoms with Crippen molar-refractivity contribution in [1.29, 1.82) is 0 Å². The minimum absolute atomic E-state index is 0.130. The van der Waals surface area contributed by atoms with E-state index >= 15 is 0 Å². The smallest absolute Gasteiger partial charge is 0.111 e. The van der Waals surface area contributed by atoms with Crippen LogP contribution in [0.4, 0.5) is 0 Å².